The molecular weight excluding hydrogens is 170 g/mol. The smallest absolute Gasteiger partial charge is 0.293 e. The van der Waals surface area contributed by atoms with E-state index in [1.807, 2.05) is 0 Å². The molecule has 0 amide bonds. The number of anilines is 1. The summed E-state index contributed by atoms with van der Waals surface area (Å²) in [4.78, 5) is 0. The first-order valence-electron chi connectivity index (χ1n) is 4.59. The van der Waals surface area contributed by atoms with Crippen LogP contribution in [0.4, 0.5) is 5.88 Å². The van der Waals surface area contributed by atoms with E-state index >= 15 is 0 Å². The van der Waals surface area contributed by atoms with Gasteiger partial charge in [0.15, 0.2) is 0 Å². The Kier molecular flexibility index (Phi) is 2.18. The topological polar surface area (TPSA) is 76.2 Å². The first-order chi connectivity index (χ1) is 6.27. The molecular formula is C8H14N3O2+. The summed E-state index contributed by atoms with van der Waals surface area (Å²) in [5, 5.41) is 13.4. The second-order valence-corrected chi connectivity index (χ2v) is 3.50. The molecule has 1 saturated carbocycles. The summed E-state index contributed by atoms with van der Waals surface area (Å²) in [5.41, 5.74) is 5.40. The molecule has 1 aliphatic rings. The molecule has 1 aromatic heterocycles. The number of aromatic nitrogens is 2. The van der Waals surface area contributed by atoms with Crippen molar-refractivity contribution in [3.8, 4) is 0 Å². The van der Waals surface area contributed by atoms with Gasteiger partial charge in [0.2, 0.25) is 11.3 Å². The number of aliphatic hydroxyl groups excluding tert-OH is 1. The molecule has 0 aliphatic heterocycles. The van der Waals surface area contributed by atoms with Crippen LogP contribution in [-0.2, 0) is 0 Å². The van der Waals surface area contributed by atoms with Crippen LogP contribution >= 0.6 is 0 Å². The van der Waals surface area contributed by atoms with Gasteiger partial charge >= 0.3 is 0 Å². The second kappa shape index (κ2) is 3.33. The van der Waals surface area contributed by atoms with E-state index < -0.39 is 0 Å². The molecule has 0 saturated heterocycles. The van der Waals surface area contributed by atoms with Crippen molar-refractivity contribution in [2.24, 2.45) is 0 Å². The predicted octanol–water partition coefficient (Wildman–Crippen LogP) is 0.0203. The monoisotopic (exact) mass is 184 g/mol. The number of nitrogen functional groups attached to an aromatic ring is 1. The van der Waals surface area contributed by atoms with Gasteiger partial charge in [-0.2, -0.15) is 0 Å². The molecule has 0 aromatic carbocycles. The number of aliphatic hydroxyl groups is 1. The summed E-state index contributed by atoms with van der Waals surface area (Å²) in [5.74, 6) is 0.290. The zero-order valence-corrected chi connectivity index (χ0v) is 7.39. The lowest BCUT2D eigenvalue weighted by Gasteiger charge is -2.19. The zero-order valence-electron chi connectivity index (χ0n) is 7.39. The van der Waals surface area contributed by atoms with Crippen LogP contribution in [0, 0.1) is 0 Å². The predicted molar refractivity (Wildman–Crippen MR) is 44.6 cm³/mol. The average molecular weight is 184 g/mol. The molecule has 2 atom stereocenters. The summed E-state index contributed by atoms with van der Waals surface area (Å²) in [7, 11) is 0. The van der Waals surface area contributed by atoms with E-state index in [2.05, 4.69) is 5.27 Å². The number of hydrogen-bond acceptors (Lipinski definition) is 4. The molecule has 0 unspecified atom stereocenters. The Balaban J connectivity index is 2.14. The minimum Gasteiger partial charge on any atom is -0.386 e. The SMILES string of the molecule is Nc1c[n+]([C@@H]2CCCC[C@H]2O)no1. The van der Waals surface area contributed by atoms with Gasteiger partial charge in [0.25, 0.3) is 12.1 Å². The number of hydrogen-bond donors (Lipinski definition) is 2. The molecule has 0 spiro atoms. The average Bonchev–Trinajstić information content (AvgIpc) is 2.53. The molecule has 13 heavy (non-hydrogen) atoms. The minimum absolute atomic E-state index is 0.0369. The van der Waals surface area contributed by atoms with Crippen molar-refractivity contribution in [1.82, 2.24) is 5.27 Å². The van der Waals surface area contributed by atoms with Crippen LogP contribution in [0.2, 0.25) is 0 Å². The molecule has 1 fully saturated rings. The fourth-order valence-corrected chi connectivity index (χ4v) is 1.83. The number of rotatable bonds is 1. The Hall–Kier alpha value is -1.10. The highest BCUT2D eigenvalue weighted by atomic mass is 16.5. The third-order valence-corrected chi connectivity index (χ3v) is 2.53. The van der Waals surface area contributed by atoms with Crippen molar-refractivity contribution in [3.05, 3.63) is 6.20 Å². The third-order valence-electron chi connectivity index (χ3n) is 2.53. The summed E-state index contributed by atoms with van der Waals surface area (Å²) in [6, 6.07) is 0.0369. The second-order valence-electron chi connectivity index (χ2n) is 3.50. The van der Waals surface area contributed by atoms with Crippen molar-refractivity contribution in [1.29, 1.82) is 0 Å². The quantitative estimate of drug-likeness (QED) is 0.603. The molecule has 1 aliphatic carbocycles. The largest absolute Gasteiger partial charge is 0.386 e. The maximum Gasteiger partial charge on any atom is 0.293 e. The number of nitrogens with two attached hydrogens (primary N) is 1. The van der Waals surface area contributed by atoms with Crippen molar-refractivity contribution in [2.45, 2.75) is 37.8 Å². The summed E-state index contributed by atoms with van der Waals surface area (Å²) in [6.07, 6.45) is 5.30. The molecule has 0 bridgehead atoms. The van der Waals surface area contributed by atoms with E-state index in [9.17, 15) is 5.11 Å². The molecule has 5 nitrogen and oxygen atoms in total. The van der Waals surface area contributed by atoms with Crippen molar-refractivity contribution in [3.63, 3.8) is 0 Å². The highest BCUT2D eigenvalue weighted by molar-refractivity contribution is 5.11. The van der Waals surface area contributed by atoms with Gasteiger partial charge in [-0.05, 0) is 17.5 Å². The minimum atomic E-state index is -0.316. The summed E-state index contributed by atoms with van der Waals surface area (Å²) < 4.78 is 6.37. The maximum absolute atomic E-state index is 9.69. The lowest BCUT2D eigenvalue weighted by atomic mass is 9.93. The van der Waals surface area contributed by atoms with E-state index in [4.69, 9.17) is 10.3 Å². The first kappa shape index (κ1) is 8.50. The summed E-state index contributed by atoms with van der Waals surface area (Å²) >= 11 is 0. The fraction of sp³-hybridized carbons (Fsp3) is 0.750. The Morgan fingerprint density at radius 3 is 2.92 bits per heavy atom. The highest BCUT2D eigenvalue weighted by Gasteiger charge is 2.33. The van der Waals surface area contributed by atoms with Crippen LogP contribution in [0.25, 0.3) is 0 Å². The van der Waals surface area contributed by atoms with Gasteiger partial charge in [0, 0.05) is 6.42 Å². The van der Waals surface area contributed by atoms with Crippen molar-refractivity contribution in [2.75, 3.05) is 5.73 Å². The molecule has 3 N–H and O–H groups in total. The number of nitrogens with zero attached hydrogens (tertiary/aromatic N) is 2. The molecule has 1 heterocycles. The van der Waals surface area contributed by atoms with Gasteiger partial charge in [-0.3, -0.25) is 4.52 Å². The summed E-state index contributed by atoms with van der Waals surface area (Å²) in [6.45, 7) is 0. The Labute approximate surface area is 76.1 Å². The normalized spacial score (nSPS) is 29.0. The van der Waals surface area contributed by atoms with Gasteiger partial charge < -0.3 is 10.8 Å². The standard InChI is InChI=1S/C8H14N3O2/c9-8-5-11(10-13-8)6-3-1-2-4-7(6)12/h5-7,12H,1-4,9H2/q+1/t6-,7-/m1/s1. The van der Waals surface area contributed by atoms with Gasteiger partial charge in [0.05, 0.1) is 0 Å². The highest BCUT2D eigenvalue weighted by Crippen LogP contribution is 2.24. The fourth-order valence-electron chi connectivity index (χ4n) is 1.83. The zero-order chi connectivity index (χ0) is 9.26. The third kappa shape index (κ3) is 1.65. The van der Waals surface area contributed by atoms with Gasteiger partial charge in [-0.25, -0.2) is 0 Å². The Morgan fingerprint density at radius 2 is 2.31 bits per heavy atom. The van der Waals surface area contributed by atoms with E-state index in [1.54, 1.807) is 10.9 Å². The van der Waals surface area contributed by atoms with Crippen molar-refractivity contribution < 1.29 is 14.3 Å². The van der Waals surface area contributed by atoms with E-state index in [1.165, 1.54) is 0 Å². The molecule has 72 valence electrons. The van der Waals surface area contributed by atoms with E-state index in [-0.39, 0.29) is 18.0 Å². The van der Waals surface area contributed by atoms with Gasteiger partial charge in [0.1, 0.15) is 6.10 Å². The lowest BCUT2D eigenvalue weighted by Crippen LogP contribution is -2.48. The van der Waals surface area contributed by atoms with Crippen LogP contribution in [0.1, 0.15) is 31.7 Å². The molecule has 5 heteroatoms. The van der Waals surface area contributed by atoms with Crippen LogP contribution in [0.15, 0.2) is 10.7 Å². The van der Waals surface area contributed by atoms with Crippen LogP contribution < -0.4 is 10.4 Å². The molecule has 0 radical (unpaired) electrons. The Morgan fingerprint density at radius 1 is 1.54 bits per heavy atom. The Bertz CT molecular complexity index is 287. The van der Waals surface area contributed by atoms with E-state index in [0.29, 0.717) is 0 Å². The van der Waals surface area contributed by atoms with Crippen LogP contribution in [-0.4, -0.2) is 16.5 Å². The maximum atomic E-state index is 9.69. The van der Waals surface area contributed by atoms with Gasteiger partial charge in [-0.15, -0.1) is 0 Å². The van der Waals surface area contributed by atoms with E-state index in [0.717, 1.165) is 25.7 Å². The van der Waals surface area contributed by atoms with Gasteiger partial charge in [-0.1, -0.05) is 6.42 Å². The van der Waals surface area contributed by atoms with Crippen LogP contribution in [0.3, 0.4) is 0 Å². The molecule has 1 aromatic rings. The van der Waals surface area contributed by atoms with Crippen molar-refractivity contribution >= 4 is 5.88 Å². The van der Waals surface area contributed by atoms with Crippen LogP contribution in [0.5, 0.6) is 0 Å². The lowest BCUT2D eigenvalue weighted by molar-refractivity contribution is -0.792. The first-order valence-corrected chi connectivity index (χ1v) is 4.59. The molecule has 2 rings (SSSR count).